The van der Waals surface area contributed by atoms with Crippen LogP contribution in [0, 0.1) is 0 Å². The van der Waals surface area contributed by atoms with E-state index in [4.69, 9.17) is 0 Å². The molecule has 58 valence electrons. The van der Waals surface area contributed by atoms with Gasteiger partial charge in [0.15, 0.2) is 0 Å². The monoisotopic (exact) mass is 150 g/mol. The number of aromatic nitrogens is 1. The highest BCUT2D eigenvalue weighted by molar-refractivity contribution is 5.32. The molecule has 3 nitrogen and oxygen atoms in total. The van der Waals surface area contributed by atoms with Crippen LogP contribution in [0.25, 0.3) is 0 Å². The molecular formula is C8H10N2O. The van der Waals surface area contributed by atoms with Gasteiger partial charge in [-0.1, -0.05) is 0 Å². The van der Waals surface area contributed by atoms with E-state index in [-0.39, 0.29) is 6.04 Å². The fourth-order valence-electron chi connectivity index (χ4n) is 0.905. The molecule has 1 unspecified atom stereocenters. The first-order valence-corrected chi connectivity index (χ1v) is 3.50. The highest BCUT2D eigenvalue weighted by atomic mass is 16.1. The van der Waals surface area contributed by atoms with Crippen molar-refractivity contribution in [3.8, 4) is 0 Å². The lowest BCUT2D eigenvalue weighted by atomic mass is 10.3. The molecule has 1 aromatic heterocycles. The molecule has 1 heterocycles. The zero-order chi connectivity index (χ0) is 8.10. The molecule has 0 spiro atoms. The van der Waals surface area contributed by atoms with Crippen LogP contribution in [0.3, 0.4) is 0 Å². The molecule has 0 saturated heterocycles. The van der Waals surface area contributed by atoms with Gasteiger partial charge in [0.25, 0.3) is 0 Å². The van der Waals surface area contributed by atoms with E-state index in [0.717, 1.165) is 0 Å². The van der Waals surface area contributed by atoms with Crippen molar-refractivity contribution in [2.75, 3.05) is 6.54 Å². The molecule has 0 aliphatic rings. The summed E-state index contributed by atoms with van der Waals surface area (Å²) >= 11 is 0. The Bertz CT molecular complexity index is 247. The Hall–Kier alpha value is -1.34. The Morgan fingerprint density at radius 1 is 1.55 bits per heavy atom. The summed E-state index contributed by atoms with van der Waals surface area (Å²) in [5, 5.41) is 0. The first kappa shape index (κ1) is 7.76. The van der Waals surface area contributed by atoms with Gasteiger partial charge in [-0.15, -0.1) is 0 Å². The van der Waals surface area contributed by atoms with Gasteiger partial charge in [-0.3, -0.25) is 0 Å². The van der Waals surface area contributed by atoms with E-state index in [1.807, 2.05) is 36.0 Å². The van der Waals surface area contributed by atoms with Gasteiger partial charge in [-0.25, -0.2) is 9.79 Å². The second-order valence-corrected chi connectivity index (χ2v) is 2.41. The maximum absolute atomic E-state index is 9.78. The standard InChI is InChI=1S/C8H10N2O/c1-8(6-9-7-11)10-4-2-3-5-10/h2-5,8H,6H2,1H3. The van der Waals surface area contributed by atoms with Crippen LogP contribution in [-0.2, 0) is 4.79 Å². The minimum atomic E-state index is 0.242. The van der Waals surface area contributed by atoms with E-state index in [2.05, 4.69) is 4.99 Å². The topological polar surface area (TPSA) is 34.4 Å². The van der Waals surface area contributed by atoms with Gasteiger partial charge in [-0.05, 0) is 19.1 Å². The predicted octanol–water partition coefficient (Wildman–Crippen LogP) is 1.38. The van der Waals surface area contributed by atoms with E-state index in [1.165, 1.54) is 6.08 Å². The third-order valence-electron chi connectivity index (χ3n) is 1.56. The molecule has 11 heavy (non-hydrogen) atoms. The molecule has 0 bridgehead atoms. The summed E-state index contributed by atoms with van der Waals surface area (Å²) in [6.07, 6.45) is 5.42. The van der Waals surface area contributed by atoms with Crippen molar-refractivity contribution in [2.24, 2.45) is 4.99 Å². The lowest BCUT2D eigenvalue weighted by molar-refractivity contribution is 0.541. The summed E-state index contributed by atoms with van der Waals surface area (Å²) in [6.45, 7) is 2.50. The molecule has 0 aliphatic heterocycles. The van der Waals surface area contributed by atoms with E-state index in [1.54, 1.807) is 0 Å². The molecule has 0 N–H and O–H groups in total. The van der Waals surface area contributed by atoms with E-state index >= 15 is 0 Å². The number of nitrogens with zero attached hydrogens (tertiary/aromatic N) is 2. The quantitative estimate of drug-likeness (QED) is 0.473. The number of rotatable bonds is 3. The van der Waals surface area contributed by atoms with Gasteiger partial charge in [0.05, 0.1) is 12.6 Å². The molecule has 0 aromatic carbocycles. The smallest absolute Gasteiger partial charge is 0.235 e. The van der Waals surface area contributed by atoms with Crippen molar-refractivity contribution in [3.63, 3.8) is 0 Å². The lowest BCUT2D eigenvalue weighted by Gasteiger charge is -2.08. The van der Waals surface area contributed by atoms with Crippen LogP contribution >= 0.6 is 0 Å². The summed E-state index contributed by atoms with van der Waals surface area (Å²) in [6, 6.07) is 4.13. The maximum atomic E-state index is 9.78. The Balaban J connectivity index is 2.55. The Kier molecular flexibility index (Phi) is 2.64. The van der Waals surface area contributed by atoms with Gasteiger partial charge in [0.1, 0.15) is 0 Å². The molecule has 1 rings (SSSR count). The summed E-state index contributed by atoms with van der Waals surface area (Å²) < 4.78 is 2.00. The van der Waals surface area contributed by atoms with Crippen molar-refractivity contribution in [2.45, 2.75) is 13.0 Å². The first-order chi connectivity index (χ1) is 5.34. The highest BCUT2D eigenvalue weighted by Gasteiger charge is 1.99. The van der Waals surface area contributed by atoms with Crippen LogP contribution in [0.1, 0.15) is 13.0 Å². The fraction of sp³-hybridized carbons (Fsp3) is 0.375. The Morgan fingerprint density at radius 2 is 2.18 bits per heavy atom. The van der Waals surface area contributed by atoms with Gasteiger partial charge >= 0.3 is 0 Å². The number of aliphatic imine (C=N–C) groups is 1. The molecule has 0 aliphatic carbocycles. The molecule has 0 saturated carbocycles. The average Bonchev–Trinajstić information content (AvgIpc) is 2.52. The van der Waals surface area contributed by atoms with Gasteiger partial charge in [0.2, 0.25) is 6.08 Å². The second-order valence-electron chi connectivity index (χ2n) is 2.41. The van der Waals surface area contributed by atoms with Crippen LogP contribution in [0.5, 0.6) is 0 Å². The van der Waals surface area contributed by atoms with Crippen molar-refractivity contribution < 1.29 is 4.79 Å². The van der Waals surface area contributed by atoms with E-state index in [9.17, 15) is 4.79 Å². The number of carbonyl (C=O) groups excluding carboxylic acids is 1. The van der Waals surface area contributed by atoms with Crippen LogP contribution in [0.15, 0.2) is 29.5 Å². The molecule has 0 radical (unpaired) electrons. The van der Waals surface area contributed by atoms with Crippen molar-refractivity contribution in [1.29, 1.82) is 0 Å². The molecule has 1 atom stereocenters. The Morgan fingerprint density at radius 3 is 2.73 bits per heavy atom. The maximum Gasteiger partial charge on any atom is 0.235 e. The summed E-state index contributed by atoms with van der Waals surface area (Å²) in [4.78, 5) is 13.3. The zero-order valence-corrected chi connectivity index (χ0v) is 6.40. The molecule has 0 fully saturated rings. The SMILES string of the molecule is CC(CN=C=O)n1cccc1. The minimum absolute atomic E-state index is 0.242. The third kappa shape index (κ3) is 2.06. The molecule has 0 amide bonds. The van der Waals surface area contributed by atoms with Crippen molar-refractivity contribution in [3.05, 3.63) is 24.5 Å². The van der Waals surface area contributed by atoms with Gasteiger partial charge in [-0.2, -0.15) is 0 Å². The van der Waals surface area contributed by atoms with Gasteiger partial charge < -0.3 is 4.57 Å². The van der Waals surface area contributed by atoms with E-state index in [0.29, 0.717) is 6.54 Å². The minimum Gasteiger partial charge on any atom is -0.350 e. The molecule has 3 heteroatoms. The normalized spacial score (nSPS) is 12.1. The van der Waals surface area contributed by atoms with Crippen LogP contribution in [0.2, 0.25) is 0 Å². The average molecular weight is 150 g/mol. The summed E-state index contributed by atoms with van der Waals surface area (Å²) in [7, 11) is 0. The predicted molar refractivity (Wildman–Crippen MR) is 42.1 cm³/mol. The summed E-state index contributed by atoms with van der Waals surface area (Å²) in [5.74, 6) is 0. The van der Waals surface area contributed by atoms with Gasteiger partial charge in [0, 0.05) is 12.4 Å². The molecular weight excluding hydrogens is 140 g/mol. The summed E-state index contributed by atoms with van der Waals surface area (Å²) in [5.41, 5.74) is 0. The number of hydrogen-bond donors (Lipinski definition) is 0. The zero-order valence-electron chi connectivity index (χ0n) is 6.40. The largest absolute Gasteiger partial charge is 0.350 e. The number of hydrogen-bond acceptors (Lipinski definition) is 2. The van der Waals surface area contributed by atoms with E-state index < -0.39 is 0 Å². The Labute approximate surface area is 65.4 Å². The van der Waals surface area contributed by atoms with Crippen molar-refractivity contribution in [1.82, 2.24) is 4.57 Å². The van der Waals surface area contributed by atoms with Crippen molar-refractivity contribution >= 4 is 6.08 Å². The second kappa shape index (κ2) is 3.74. The van der Waals surface area contributed by atoms with Crippen LogP contribution in [-0.4, -0.2) is 17.2 Å². The highest BCUT2D eigenvalue weighted by Crippen LogP contribution is 2.04. The lowest BCUT2D eigenvalue weighted by Crippen LogP contribution is -2.05. The molecule has 1 aromatic rings. The number of isocyanates is 1. The van der Waals surface area contributed by atoms with Crippen LogP contribution < -0.4 is 0 Å². The van der Waals surface area contributed by atoms with Crippen LogP contribution in [0.4, 0.5) is 0 Å². The first-order valence-electron chi connectivity index (χ1n) is 3.50. The third-order valence-corrected chi connectivity index (χ3v) is 1.56. The fourth-order valence-corrected chi connectivity index (χ4v) is 0.905.